The van der Waals surface area contributed by atoms with Gasteiger partial charge in [-0.3, -0.25) is 14.3 Å². The first-order valence-electron chi connectivity index (χ1n) is 8.89. The molecule has 1 aliphatic heterocycles. The van der Waals surface area contributed by atoms with E-state index in [9.17, 15) is 9.59 Å². The second-order valence-corrected chi connectivity index (χ2v) is 6.80. The molecule has 0 radical (unpaired) electrons. The molecule has 3 rings (SSSR count). The van der Waals surface area contributed by atoms with Crippen LogP contribution in [-0.2, 0) is 11.2 Å². The Balaban J connectivity index is 0.00000261. The van der Waals surface area contributed by atoms with Crippen LogP contribution in [0.4, 0.5) is 5.69 Å². The Morgan fingerprint density at radius 2 is 2.00 bits per heavy atom. The summed E-state index contributed by atoms with van der Waals surface area (Å²) < 4.78 is 1.87. The quantitative estimate of drug-likeness (QED) is 0.818. The van der Waals surface area contributed by atoms with Crippen molar-refractivity contribution in [2.75, 3.05) is 32.5 Å². The SMILES string of the molecule is CN(C)C(=O)Cc1ccc(NC(=O)c2ccn(C3CCCNC3)n2)cc1.Cl. The van der Waals surface area contributed by atoms with Gasteiger partial charge in [-0.15, -0.1) is 12.4 Å². The number of nitrogens with one attached hydrogen (secondary N) is 2. The van der Waals surface area contributed by atoms with Gasteiger partial charge in [0.2, 0.25) is 5.91 Å². The van der Waals surface area contributed by atoms with Gasteiger partial charge < -0.3 is 15.5 Å². The Morgan fingerprint density at radius 1 is 1.26 bits per heavy atom. The summed E-state index contributed by atoms with van der Waals surface area (Å²) in [5.74, 6) is -0.186. The lowest BCUT2D eigenvalue weighted by Crippen LogP contribution is -2.32. The molecule has 0 aliphatic carbocycles. The summed E-state index contributed by atoms with van der Waals surface area (Å²) >= 11 is 0. The van der Waals surface area contributed by atoms with Crippen LogP contribution in [0.15, 0.2) is 36.5 Å². The number of aromatic nitrogens is 2. The maximum absolute atomic E-state index is 12.4. The van der Waals surface area contributed by atoms with Crippen LogP contribution in [0.1, 0.15) is 34.9 Å². The van der Waals surface area contributed by atoms with E-state index in [1.54, 1.807) is 37.2 Å². The van der Waals surface area contributed by atoms with Gasteiger partial charge in [0, 0.05) is 32.5 Å². The zero-order chi connectivity index (χ0) is 18.5. The van der Waals surface area contributed by atoms with E-state index >= 15 is 0 Å². The molecule has 1 fully saturated rings. The van der Waals surface area contributed by atoms with Gasteiger partial charge in [-0.25, -0.2) is 0 Å². The van der Waals surface area contributed by atoms with E-state index in [0.717, 1.165) is 31.5 Å². The lowest BCUT2D eigenvalue weighted by molar-refractivity contribution is -0.127. The highest BCUT2D eigenvalue weighted by atomic mass is 35.5. The van der Waals surface area contributed by atoms with Crippen LogP contribution in [0, 0.1) is 0 Å². The molecule has 1 aliphatic rings. The number of halogens is 1. The molecule has 2 amide bonds. The highest BCUT2D eigenvalue weighted by Crippen LogP contribution is 2.17. The Kier molecular flexibility index (Phi) is 7.38. The minimum Gasteiger partial charge on any atom is -0.349 e. The first-order chi connectivity index (χ1) is 12.5. The number of hydrogen-bond donors (Lipinski definition) is 2. The number of anilines is 1. The highest BCUT2D eigenvalue weighted by Gasteiger charge is 2.17. The molecule has 2 aromatic rings. The molecule has 146 valence electrons. The van der Waals surface area contributed by atoms with Crippen LogP contribution in [0.2, 0.25) is 0 Å². The fourth-order valence-corrected chi connectivity index (χ4v) is 2.96. The third-order valence-electron chi connectivity index (χ3n) is 4.55. The van der Waals surface area contributed by atoms with Crippen LogP contribution >= 0.6 is 12.4 Å². The van der Waals surface area contributed by atoms with Crippen LogP contribution < -0.4 is 10.6 Å². The maximum atomic E-state index is 12.4. The lowest BCUT2D eigenvalue weighted by Gasteiger charge is -2.22. The van der Waals surface area contributed by atoms with E-state index in [1.165, 1.54) is 0 Å². The van der Waals surface area contributed by atoms with Crippen molar-refractivity contribution < 1.29 is 9.59 Å². The molecule has 1 aromatic heterocycles. The number of likely N-dealkylation sites (N-methyl/N-ethyl adjacent to an activating group) is 1. The molecule has 1 saturated heterocycles. The molecule has 2 heterocycles. The number of nitrogens with zero attached hydrogens (tertiary/aromatic N) is 3. The van der Waals surface area contributed by atoms with E-state index in [1.807, 2.05) is 23.0 Å². The lowest BCUT2D eigenvalue weighted by atomic mass is 10.1. The highest BCUT2D eigenvalue weighted by molar-refractivity contribution is 6.02. The van der Waals surface area contributed by atoms with Crippen molar-refractivity contribution in [3.63, 3.8) is 0 Å². The van der Waals surface area contributed by atoms with Crippen molar-refractivity contribution in [1.29, 1.82) is 0 Å². The molecule has 0 spiro atoms. The van der Waals surface area contributed by atoms with Crippen LogP contribution in [0.3, 0.4) is 0 Å². The minimum absolute atomic E-state index is 0. The monoisotopic (exact) mass is 391 g/mol. The summed E-state index contributed by atoms with van der Waals surface area (Å²) in [6, 6.07) is 9.36. The summed E-state index contributed by atoms with van der Waals surface area (Å²) in [6.45, 7) is 1.93. The van der Waals surface area contributed by atoms with E-state index in [0.29, 0.717) is 23.8 Å². The van der Waals surface area contributed by atoms with Gasteiger partial charge >= 0.3 is 0 Å². The van der Waals surface area contributed by atoms with E-state index in [2.05, 4.69) is 15.7 Å². The average molecular weight is 392 g/mol. The molecule has 1 aromatic carbocycles. The third-order valence-corrected chi connectivity index (χ3v) is 4.55. The number of hydrogen-bond acceptors (Lipinski definition) is 4. The zero-order valence-electron chi connectivity index (χ0n) is 15.6. The van der Waals surface area contributed by atoms with Crippen molar-refractivity contribution in [2.45, 2.75) is 25.3 Å². The fourth-order valence-electron chi connectivity index (χ4n) is 2.96. The maximum Gasteiger partial charge on any atom is 0.276 e. The predicted molar refractivity (Wildman–Crippen MR) is 107 cm³/mol. The molecule has 27 heavy (non-hydrogen) atoms. The minimum atomic E-state index is -0.232. The topological polar surface area (TPSA) is 79.3 Å². The van der Waals surface area contributed by atoms with Crippen LogP contribution in [0.5, 0.6) is 0 Å². The molecule has 7 nitrogen and oxygen atoms in total. The molecule has 0 saturated carbocycles. The van der Waals surface area contributed by atoms with Gasteiger partial charge in [0.25, 0.3) is 5.91 Å². The third kappa shape index (κ3) is 5.55. The normalized spacial score (nSPS) is 16.3. The van der Waals surface area contributed by atoms with Crippen molar-refractivity contribution >= 4 is 29.9 Å². The number of carbonyl (C=O) groups is 2. The van der Waals surface area contributed by atoms with Gasteiger partial charge in [0.1, 0.15) is 0 Å². The van der Waals surface area contributed by atoms with Crippen molar-refractivity contribution in [2.24, 2.45) is 0 Å². The Morgan fingerprint density at radius 3 is 2.63 bits per heavy atom. The molecule has 8 heteroatoms. The predicted octanol–water partition coefficient (Wildman–Crippen LogP) is 2.11. The number of carbonyl (C=O) groups excluding carboxylic acids is 2. The molecule has 2 N–H and O–H groups in total. The smallest absolute Gasteiger partial charge is 0.276 e. The second-order valence-electron chi connectivity index (χ2n) is 6.80. The second kappa shape index (κ2) is 9.53. The van der Waals surface area contributed by atoms with Gasteiger partial charge in [-0.05, 0) is 43.1 Å². The summed E-state index contributed by atoms with van der Waals surface area (Å²) in [7, 11) is 3.47. The summed E-state index contributed by atoms with van der Waals surface area (Å²) in [6.07, 6.45) is 4.40. The van der Waals surface area contributed by atoms with Crippen LogP contribution in [0.25, 0.3) is 0 Å². The molecule has 1 unspecified atom stereocenters. The number of amides is 2. The van der Waals surface area contributed by atoms with Gasteiger partial charge in [-0.1, -0.05) is 12.1 Å². The first-order valence-corrected chi connectivity index (χ1v) is 8.89. The van der Waals surface area contributed by atoms with Gasteiger partial charge in [0.05, 0.1) is 12.5 Å². The van der Waals surface area contributed by atoms with Crippen molar-refractivity contribution in [1.82, 2.24) is 20.0 Å². The first kappa shape index (κ1) is 20.9. The molecule has 0 bridgehead atoms. The van der Waals surface area contributed by atoms with Crippen molar-refractivity contribution in [3.05, 3.63) is 47.8 Å². The van der Waals surface area contributed by atoms with Gasteiger partial charge in [-0.2, -0.15) is 5.10 Å². The van der Waals surface area contributed by atoms with Crippen LogP contribution in [-0.4, -0.2) is 53.7 Å². The average Bonchev–Trinajstić information content (AvgIpc) is 3.14. The Bertz CT molecular complexity index is 767. The number of benzene rings is 1. The Labute approximate surface area is 165 Å². The number of rotatable bonds is 5. The standard InChI is InChI=1S/C19H25N5O2.ClH/c1-23(2)18(25)12-14-5-7-15(8-6-14)21-19(26)17-9-11-24(22-17)16-4-3-10-20-13-16;/h5-9,11,16,20H,3-4,10,12-13H2,1-2H3,(H,21,26);1H. The Hall–Kier alpha value is -2.38. The summed E-state index contributed by atoms with van der Waals surface area (Å²) in [5.41, 5.74) is 2.00. The fraction of sp³-hybridized carbons (Fsp3) is 0.421. The van der Waals surface area contributed by atoms with Crippen molar-refractivity contribution in [3.8, 4) is 0 Å². The van der Waals surface area contributed by atoms with Gasteiger partial charge in [0.15, 0.2) is 5.69 Å². The summed E-state index contributed by atoms with van der Waals surface area (Å²) in [4.78, 5) is 25.7. The number of piperidine rings is 1. The molecular weight excluding hydrogens is 366 g/mol. The van der Waals surface area contributed by atoms with E-state index in [4.69, 9.17) is 0 Å². The largest absolute Gasteiger partial charge is 0.349 e. The van der Waals surface area contributed by atoms with E-state index in [-0.39, 0.29) is 24.2 Å². The molecular formula is C19H26ClN5O2. The molecule has 1 atom stereocenters. The summed E-state index contributed by atoms with van der Waals surface area (Å²) in [5, 5.41) is 10.6. The van der Waals surface area contributed by atoms with E-state index < -0.39 is 0 Å². The zero-order valence-corrected chi connectivity index (χ0v) is 16.5.